The Morgan fingerprint density at radius 2 is 2.10 bits per heavy atom. The van der Waals surface area contributed by atoms with Crippen molar-refractivity contribution in [3.63, 3.8) is 0 Å². The van der Waals surface area contributed by atoms with Crippen LogP contribution in [0.5, 0.6) is 5.75 Å². The lowest BCUT2D eigenvalue weighted by Gasteiger charge is -2.07. The molecule has 0 aliphatic heterocycles. The van der Waals surface area contributed by atoms with E-state index in [0.717, 1.165) is 11.3 Å². The number of ketones is 1. The predicted molar refractivity (Wildman–Crippen MR) is 78.9 cm³/mol. The monoisotopic (exact) mass is 290 g/mol. The van der Waals surface area contributed by atoms with Crippen LogP contribution in [0.4, 0.5) is 4.39 Å². The minimum Gasteiger partial charge on any atom is -0.494 e. The van der Waals surface area contributed by atoms with Crippen LogP contribution in [0, 0.1) is 5.82 Å². The molecule has 21 heavy (non-hydrogen) atoms. The molecule has 0 radical (unpaired) electrons. The van der Waals surface area contributed by atoms with Gasteiger partial charge in [0, 0.05) is 11.3 Å². The second-order valence-electron chi connectivity index (χ2n) is 5.32. The summed E-state index contributed by atoms with van der Waals surface area (Å²) in [5.41, 5.74) is 2.44. The fraction of sp³-hybridized carbons (Fsp3) is 0.375. The van der Waals surface area contributed by atoms with Crippen LogP contribution in [0.2, 0.25) is 0 Å². The van der Waals surface area contributed by atoms with Gasteiger partial charge in [0.1, 0.15) is 0 Å². The fourth-order valence-corrected chi connectivity index (χ4v) is 2.19. The van der Waals surface area contributed by atoms with Crippen LogP contribution < -0.4 is 4.74 Å². The number of halogens is 1. The Bertz CT molecular complexity index is 662. The molecule has 1 aromatic carbocycles. The molecule has 0 N–H and O–H groups in total. The molecule has 112 valence electrons. The molecule has 0 spiro atoms. The molecule has 4 nitrogen and oxygen atoms in total. The van der Waals surface area contributed by atoms with Gasteiger partial charge in [0.25, 0.3) is 0 Å². The van der Waals surface area contributed by atoms with Crippen LogP contribution in [-0.2, 0) is 11.3 Å². The number of benzene rings is 1. The third-order valence-corrected chi connectivity index (χ3v) is 3.22. The summed E-state index contributed by atoms with van der Waals surface area (Å²) >= 11 is 0. The Hall–Kier alpha value is -2.17. The third-order valence-electron chi connectivity index (χ3n) is 3.22. The molecule has 0 saturated heterocycles. The van der Waals surface area contributed by atoms with Crippen LogP contribution in [0.3, 0.4) is 0 Å². The third kappa shape index (κ3) is 3.29. The van der Waals surface area contributed by atoms with Gasteiger partial charge in [-0.1, -0.05) is 13.8 Å². The smallest absolute Gasteiger partial charge is 0.165 e. The number of nitrogens with zero attached hydrogens (tertiary/aromatic N) is 2. The van der Waals surface area contributed by atoms with E-state index < -0.39 is 5.82 Å². The van der Waals surface area contributed by atoms with E-state index >= 15 is 0 Å². The first-order valence-corrected chi connectivity index (χ1v) is 6.83. The number of ether oxygens (including phenoxy) is 1. The molecule has 2 aromatic rings. The van der Waals surface area contributed by atoms with Gasteiger partial charge < -0.3 is 4.74 Å². The molecule has 0 saturated carbocycles. The highest BCUT2D eigenvalue weighted by Crippen LogP contribution is 2.28. The van der Waals surface area contributed by atoms with E-state index in [1.54, 1.807) is 16.8 Å². The molecule has 0 fully saturated rings. The first-order valence-electron chi connectivity index (χ1n) is 6.83. The summed E-state index contributed by atoms with van der Waals surface area (Å²) in [4.78, 5) is 11.3. The highest BCUT2D eigenvalue weighted by molar-refractivity contribution is 5.75. The number of hydrogen-bond donors (Lipinski definition) is 0. The summed E-state index contributed by atoms with van der Waals surface area (Å²) in [5, 5.41) is 4.46. The van der Waals surface area contributed by atoms with Crippen LogP contribution >= 0.6 is 0 Å². The molecule has 0 unspecified atom stereocenters. The second kappa shape index (κ2) is 6.08. The van der Waals surface area contributed by atoms with Gasteiger partial charge in [0.2, 0.25) is 0 Å². The van der Waals surface area contributed by atoms with Gasteiger partial charge in [-0.3, -0.25) is 9.48 Å². The average Bonchev–Trinajstić information content (AvgIpc) is 2.82. The Morgan fingerprint density at radius 1 is 1.38 bits per heavy atom. The van der Waals surface area contributed by atoms with E-state index in [2.05, 4.69) is 5.10 Å². The van der Waals surface area contributed by atoms with Gasteiger partial charge in [-0.2, -0.15) is 5.10 Å². The van der Waals surface area contributed by atoms with E-state index in [9.17, 15) is 9.18 Å². The largest absolute Gasteiger partial charge is 0.494 e. The van der Waals surface area contributed by atoms with Crippen LogP contribution in [-0.4, -0.2) is 22.7 Å². The highest BCUT2D eigenvalue weighted by Gasteiger charge is 2.15. The number of rotatable bonds is 5. The summed E-state index contributed by atoms with van der Waals surface area (Å²) in [5.74, 6) is 0.0596. The minimum atomic E-state index is -0.409. The number of hydrogen-bond acceptors (Lipinski definition) is 3. The molecule has 0 atom stereocenters. The van der Waals surface area contributed by atoms with Crippen molar-refractivity contribution in [3.8, 4) is 17.0 Å². The number of carbonyl (C=O) groups excluding carboxylic acids is 1. The Balaban J connectivity index is 2.47. The minimum absolute atomic E-state index is 0.0447. The first kappa shape index (κ1) is 15.2. The number of carbonyl (C=O) groups is 1. The number of Topliss-reactive ketones (excluding diaryl/α,β-unsaturated/α-hetero) is 1. The quantitative estimate of drug-likeness (QED) is 0.847. The molecule has 0 aliphatic rings. The lowest BCUT2D eigenvalue weighted by Crippen LogP contribution is -2.11. The standard InChI is InChI=1S/C16H19FN2O2/c1-10(2)15-8-14(18-19(15)9-11(3)20)12-5-6-13(17)16(7-12)21-4/h5-8,10H,9H2,1-4H3. The van der Waals surface area contributed by atoms with E-state index in [-0.39, 0.29) is 24.0 Å². The fourth-order valence-electron chi connectivity index (χ4n) is 2.19. The molecule has 0 amide bonds. The first-order chi connectivity index (χ1) is 9.92. The zero-order valence-corrected chi connectivity index (χ0v) is 12.7. The van der Waals surface area contributed by atoms with Crippen LogP contribution in [0.25, 0.3) is 11.3 Å². The lowest BCUT2D eigenvalue weighted by atomic mass is 10.1. The molecule has 5 heteroatoms. The predicted octanol–water partition coefficient (Wildman–Crippen LogP) is 3.41. The van der Waals surface area contributed by atoms with E-state index in [4.69, 9.17) is 4.74 Å². The average molecular weight is 290 g/mol. The van der Waals surface area contributed by atoms with Crippen molar-refractivity contribution in [2.45, 2.75) is 33.2 Å². The SMILES string of the molecule is COc1cc(-c2cc(C(C)C)n(CC(C)=O)n2)ccc1F. The van der Waals surface area contributed by atoms with Crippen molar-refractivity contribution in [2.75, 3.05) is 7.11 Å². The number of aromatic nitrogens is 2. The van der Waals surface area contributed by atoms with Crippen molar-refractivity contribution in [1.29, 1.82) is 0 Å². The van der Waals surface area contributed by atoms with E-state index in [1.807, 2.05) is 19.9 Å². The van der Waals surface area contributed by atoms with Gasteiger partial charge >= 0.3 is 0 Å². The molecule has 0 aliphatic carbocycles. The maximum absolute atomic E-state index is 13.5. The van der Waals surface area contributed by atoms with Crippen LogP contribution in [0.15, 0.2) is 24.3 Å². The van der Waals surface area contributed by atoms with Crippen molar-refractivity contribution in [3.05, 3.63) is 35.8 Å². The van der Waals surface area contributed by atoms with E-state index in [1.165, 1.54) is 20.1 Å². The van der Waals surface area contributed by atoms with Gasteiger partial charge in [0.05, 0.1) is 19.3 Å². The molecule has 0 bridgehead atoms. The molecule has 2 rings (SSSR count). The zero-order valence-electron chi connectivity index (χ0n) is 12.7. The van der Waals surface area contributed by atoms with Crippen LogP contribution in [0.1, 0.15) is 32.4 Å². The van der Waals surface area contributed by atoms with Crippen molar-refractivity contribution >= 4 is 5.78 Å². The topological polar surface area (TPSA) is 44.1 Å². The Morgan fingerprint density at radius 3 is 2.67 bits per heavy atom. The van der Waals surface area contributed by atoms with Gasteiger partial charge in [-0.05, 0) is 37.1 Å². The van der Waals surface area contributed by atoms with Crippen molar-refractivity contribution in [1.82, 2.24) is 9.78 Å². The van der Waals surface area contributed by atoms with Gasteiger partial charge in [0.15, 0.2) is 17.3 Å². The maximum Gasteiger partial charge on any atom is 0.165 e. The van der Waals surface area contributed by atoms with Crippen molar-refractivity contribution < 1.29 is 13.9 Å². The molecule has 1 heterocycles. The Labute approximate surface area is 123 Å². The number of methoxy groups -OCH3 is 1. The van der Waals surface area contributed by atoms with Crippen molar-refractivity contribution in [2.24, 2.45) is 0 Å². The molecular formula is C16H19FN2O2. The normalized spacial score (nSPS) is 11.0. The van der Waals surface area contributed by atoms with Gasteiger partial charge in [-0.15, -0.1) is 0 Å². The zero-order chi connectivity index (χ0) is 15.6. The Kier molecular flexibility index (Phi) is 4.40. The summed E-state index contributed by atoms with van der Waals surface area (Å²) in [6.07, 6.45) is 0. The molecule has 1 aromatic heterocycles. The summed E-state index contributed by atoms with van der Waals surface area (Å²) in [6.45, 7) is 5.86. The summed E-state index contributed by atoms with van der Waals surface area (Å²) in [6, 6.07) is 6.55. The lowest BCUT2D eigenvalue weighted by molar-refractivity contribution is -0.117. The summed E-state index contributed by atoms with van der Waals surface area (Å²) in [7, 11) is 1.43. The molecular weight excluding hydrogens is 271 g/mol. The second-order valence-corrected chi connectivity index (χ2v) is 5.32. The maximum atomic E-state index is 13.5. The van der Waals surface area contributed by atoms with E-state index in [0.29, 0.717) is 5.69 Å². The summed E-state index contributed by atoms with van der Waals surface area (Å²) < 4.78 is 20.2. The highest BCUT2D eigenvalue weighted by atomic mass is 19.1. The van der Waals surface area contributed by atoms with Gasteiger partial charge in [-0.25, -0.2) is 4.39 Å².